The highest BCUT2D eigenvalue weighted by molar-refractivity contribution is 5.62. The van der Waals surface area contributed by atoms with Gasteiger partial charge in [-0.1, -0.05) is 31.5 Å². The summed E-state index contributed by atoms with van der Waals surface area (Å²) in [5.41, 5.74) is 2.07. The van der Waals surface area contributed by atoms with Crippen LogP contribution in [0.5, 0.6) is 5.75 Å². The third-order valence-electron chi connectivity index (χ3n) is 2.51. The topological polar surface area (TPSA) is 46.5 Å². The van der Waals surface area contributed by atoms with Gasteiger partial charge in [-0.25, -0.2) is 4.79 Å². The molecule has 1 atom stereocenters. The number of aryl methyl sites for hydroxylation is 1. The molecule has 0 bridgehead atoms. The molecular formula is C12H16O3. The van der Waals surface area contributed by atoms with Crippen molar-refractivity contribution in [1.29, 1.82) is 0 Å². The Balaban J connectivity index is 3.08. The molecule has 0 saturated carbocycles. The van der Waals surface area contributed by atoms with Crippen molar-refractivity contribution in [3.63, 3.8) is 0 Å². The highest BCUT2D eigenvalue weighted by atomic mass is 16.7. The van der Waals surface area contributed by atoms with Gasteiger partial charge in [0.1, 0.15) is 5.75 Å². The summed E-state index contributed by atoms with van der Waals surface area (Å²) in [5, 5.41) is 8.59. The number of hydrogen-bond donors (Lipinski definition) is 1. The SMILES string of the molecule is CCC(C)c1cc(C)ccc1OC(=O)O. The summed E-state index contributed by atoms with van der Waals surface area (Å²) in [5.74, 6) is 0.752. The second kappa shape index (κ2) is 4.82. The molecule has 0 amide bonds. The Bertz CT molecular complexity index is 358. The molecule has 0 aliphatic carbocycles. The smallest absolute Gasteiger partial charge is 0.449 e. The van der Waals surface area contributed by atoms with Gasteiger partial charge in [0.25, 0.3) is 0 Å². The van der Waals surface area contributed by atoms with Crippen molar-refractivity contribution in [2.24, 2.45) is 0 Å². The minimum absolute atomic E-state index is 0.305. The Morgan fingerprint density at radius 2 is 2.20 bits per heavy atom. The van der Waals surface area contributed by atoms with Crippen molar-refractivity contribution in [3.05, 3.63) is 29.3 Å². The number of carboxylic acid groups (broad SMARTS) is 1. The van der Waals surface area contributed by atoms with E-state index < -0.39 is 6.16 Å². The zero-order chi connectivity index (χ0) is 11.4. The van der Waals surface area contributed by atoms with Crippen molar-refractivity contribution >= 4 is 6.16 Å². The first kappa shape index (κ1) is 11.6. The van der Waals surface area contributed by atoms with Crippen LogP contribution in [0.4, 0.5) is 4.79 Å². The number of ether oxygens (including phenoxy) is 1. The third kappa shape index (κ3) is 2.98. The molecule has 1 aromatic carbocycles. The zero-order valence-electron chi connectivity index (χ0n) is 9.28. The summed E-state index contributed by atoms with van der Waals surface area (Å²) in [6.07, 6.45) is -0.303. The molecule has 0 radical (unpaired) electrons. The zero-order valence-corrected chi connectivity index (χ0v) is 9.28. The van der Waals surface area contributed by atoms with Crippen molar-refractivity contribution in [3.8, 4) is 5.75 Å². The van der Waals surface area contributed by atoms with E-state index in [4.69, 9.17) is 9.84 Å². The van der Waals surface area contributed by atoms with Crippen LogP contribution in [0.25, 0.3) is 0 Å². The predicted molar refractivity (Wildman–Crippen MR) is 58.5 cm³/mol. The van der Waals surface area contributed by atoms with Crippen LogP contribution >= 0.6 is 0 Å². The van der Waals surface area contributed by atoms with Gasteiger partial charge in [-0.15, -0.1) is 0 Å². The second-order valence-electron chi connectivity index (χ2n) is 3.72. The van der Waals surface area contributed by atoms with Crippen LogP contribution in [0, 0.1) is 6.92 Å². The molecule has 0 aromatic heterocycles. The van der Waals surface area contributed by atoms with Crippen LogP contribution in [0.3, 0.4) is 0 Å². The van der Waals surface area contributed by atoms with Gasteiger partial charge in [0.2, 0.25) is 0 Å². The van der Waals surface area contributed by atoms with Gasteiger partial charge in [0, 0.05) is 0 Å². The highest BCUT2D eigenvalue weighted by Gasteiger charge is 2.12. The molecule has 1 N–H and O–H groups in total. The number of hydrogen-bond acceptors (Lipinski definition) is 2. The minimum atomic E-state index is -1.26. The third-order valence-corrected chi connectivity index (χ3v) is 2.51. The molecule has 1 aromatic rings. The lowest BCUT2D eigenvalue weighted by atomic mass is 9.96. The molecule has 1 rings (SSSR count). The fourth-order valence-electron chi connectivity index (χ4n) is 1.46. The van der Waals surface area contributed by atoms with E-state index >= 15 is 0 Å². The van der Waals surface area contributed by atoms with Crippen LogP contribution in [0.1, 0.15) is 37.3 Å². The molecule has 3 nitrogen and oxygen atoms in total. The van der Waals surface area contributed by atoms with Crippen molar-refractivity contribution in [2.45, 2.75) is 33.1 Å². The molecule has 0 saturated heterocycles. The lowest BCUT2D eigenvalue weighted by Crippen LogP contribution is -2.06. The van der Waals surface area contributed by atoms with Gasteiger partial charge < -0.3 is 9.84 Å². The standard InChI is InChI=1S/C12H16O3/c1-4-9(3)10-7-8(2)5-6-11(10)15-12(13)14/h5-7,9H,4H2,1-3H3,(H,13,14). The van der Waals surface area contributed by atoms with Gasteiger partial charge >= 0.3 is 6.16 Å². The fourth-order valence-corrected chi connectivity index (χ4v) is 1.46. The molecule has 0 aliphatic heterocycles. The Labute approximate surface area is 89.7 Å². The van der Waals surface area contributed by atoms with Gasteiger partial charge in [0.15, 0.2) is 0 Å². The molecular weight excluding hydrogens is 192 g/mol. The average Bonchev–Trinajstić information content (AvgIpc) is 2.19. The minimum Gasteiger partial charge on any atom is -0.449 e. The van der Waals surface area contributed by atoms with Crippen LogP contribution < -0.4 is 4.74 Å². The molecule has 1 unspecified atom stereocenters. The first-order valence-electron chi connectivity index (χ1n) is 5.06. The maximum atomic E-state index is 10.5. The Kier molecular flexibility index (Phi) is 3.72. The first-order chi connectivity index (χ1) is 7.04. The summed E-state index contributed by atoms with van der Waals surface area (Å²) >= 11 is 0. The molecule has 82 valence electrons. The predicted octanol–water partition coefficient (Wildman–Crippen LogP) is 3.57. The highest BCUT2D eigenvalue weighted by Crippen LogP contribution is 2.29. The average molecular weight is 208 g/mol. The molecule has 0 fully saturated rings. The largest absolute Gasteiger partial charge is 0.511 e. The summed E-state index contributed by atoms with van der Waals surface area (Å²) in [6, 6.07) is 5.54. The first-order valence-corrected chi connectivity index (χ1v) is 5.06. The van der Waals surface area contributed by atoms with Crippen molar-refractivity contribution in [1.82, 2.24) is 0 Å². The Hall–Kier alpha value is -1.51. The summed E-state index contributed by atoms with van der Waals surface area (Å²) in [6.45, 7) is 6.11. The van der Waals surface area contributed by atoms with Crippen LogP contribution in [-0.4, -0.2) is 11.3 Å². The van der Waals surface area contributed by atoms with Crippen molar-refractivity contribution in [2.75, 3.05) is 0 Å². The van der Waals surface area contributed by atoms with Gasteiger partial charge in [0.05, 0.1) is 0 Å². The lowest BCUT2D eigenvalue weighted by Gasteiger charge is -2.14. The maximum absolute atomic E-state index is 10.5. The van der Waals surface area contributed by atoms with E-state index in [0.29, 0.717) is 11.7 Å². The number of benzene rings is 1. The number of carbonyl (C=O) groups is 1. The van der Waals surface area contributed by atoms with Crippen LogP contribution in [0.2, 0.25) is 0 Å². The van der Waals surface area contributed by atoms with E-state index in [0.717, 1.165) is 17.5 Å². The molecule has 0 heterocycles. The van der Waals surface area contributed by atoms with Crippen LogP contribution in [-0.2, 0) is 0 Å². The van der Waals surface area contributed by atoms with Crippen LogP contribution in [0.15, 0.2) is 18.2 Å². The van der Waals surface area contributed by atoms with E-state index in [9.17, 15) is 4.79 Å². The maximum Gasteiger partial charge on any atom is 0.511 e. The van der Waals surface area contributed by atoms with Gasteiger partial charge in [-0.3, -0.25) is 0 Å². The fraction of sp³-hybridized carbons (Fsp3) is 0.417. The van der Waals surface area contributed by atoms with E-state index in [2.05, 4.69) is 13.8 Å². The molecule has 15 heavy (non-hydrogen) atoms. The molecule has 0 aliphatic rings. The molecule has 0 spiro atoms. The number of rotatable bonds is 3. The molecule has 3 heteroatoms. The van der Waals surface area contributed by atoms with Gasteiger partial charge in [-0.05, 0) is 30.9 Å². The summed E-state index contributed by atoms with van der Waals surface area (Å²) in [7, 11) is 0. The Morgan fingerprint density at radius 3 is 2.73 bits per heavy atom. The summed E-state index contributed by atoms with van der Waals surface area (Å²) in [4.78, 5) is 10.5. The van der Waals surface area contributed by atoms with E-state index in [1.165, 1.54) is 0 Å². The lowest BCUT2D eigenvalue weighted by molar-refractivity contribution is 0.144. The Morgan fingerprint density at radius 1 is 1.53 bits per heavy atom. The van der Waals surface area contributed by atoms with Gasteiger partial charge in [-0.2, -0.15) is 0 Å². The van der Waals surface area contributed by atoms with E-state index in [1.807, 2.05) is 19.1 Å². The second-order valence-corrected chi connectivity index (χ2v) is 3.72. The quantitative estimate of drug-likeness (QED) is 0.610. The monoisotopic (exact) mass is 208 g/mol. The normalized spacial score (nSPS) is 12.2. The van der Waals surface area contributed by atoms with E-state index in [1.54, 1.807) is 6.07 Å². The summed E-state index contributed by atoms with van der Waals surface area (Å²) < 4.78 is 4.74. The van der Waals surface area contributed by atoms with E-state index in [-0.39, 0.29) is 0 Å². The van der Waals surface area contributed by atoms with Crippen molar-refractivity contribution < 1.29 is 14.6 Å².